The summed E-state index contributed by atoms with van der Waals surface area (Å²) in [5.74, 6) is -0.0694. The van der Waals surface area contributed by atoms with Gasteiger partial charge in [0.05, 0.1) is 13.0 Å². The Labute approximate surface area is 71.1 Å². The van der Waals surface area contributed by atoms with Crippen molar-refractivity contribution < 1.29 is 14.5 Å². The number of nitrogens with zero attached hydrogens (tertiary/aromatic N) is 2. The normalized spacial score (nSPS) is 10.2. The van der Waals surface area contributed by atoms with Crippen LogP contribution in [0.3, 0.4) is 0 Å². The fourth-order valence-electron chi connectivity index (χ4n) is 1.29. The molecule has 1 rings (SSSR count). The molecule has 0 unspecified atom stereocenters. The summed E-state index contributed by atoms with van der Waals surface area (Å²) in [6.45, 7) is 1.92. The molecule has 0 radical (unpaired) electrons. The van der Waals surface area contributed by atoms with Gasteiger partial charge in [-0.3, -0.25) is 0 Å². The lowest BCUT2D eigenvalue weighted by atomic mass is 10.4. The van der Waals surface area contributed by atoms with Crippen LogP contribution in [0, 0.1) is 0 Å². The Bertz CT molecular complexity index is 291. The van der Waals surface area contributed by atoms with Crippen LogP contribution in [0.25, 0.3) is 0 Å². The number of aromatic nitrogens is 2. The zero-order valence-corrected chi connectivity index (χ0v) is 7.28. The quantitative estimate of drug-likeness (QED) is 0.522. The van der Waals surface area contributed by atoms with Crippen molar-refractivity contribution in [1.29, 1.82) is 0 Å². The van der Waals surface area contributed by atoms with E-state index in [-0.39, 0.29) is 6.54 Å². The Balaban J connectivity index is 2.91. The van der Waals surface area contributed by atoms with Gasteiger partial charge in [0.1, 0.15) is 18.9 Å². The molecule has 66 valence electrons. The zero-order chi connectivity index (χ0) is 9.14. The molecule has 0 spiro atoms. The van der Waals surface area contributed by atoms with Gasteiger partial charge in [0.2, 0.25) is 0 Å². The summed E-state index contributed by atoms with van der Waals surface area (Å²) >= 11 is 0. The third-order valence-electron chi connectivity index (χ3n) is 1.82. The third kappa shape index (κ3) is 1.64. The first-order valence-corrected chi connectivity index (χ1v) is 3.88. The highest BCUT2D eigenvalue weighted by Gasteiger charge is 2.10. The topological polar surface area (TPSA) is 48.9 Å². The zero-order valence-electron chi connectivity index (χ0n) is 7.28. The van der Waals surface area contributed by atoms with Gasteiger partial charge in [0, 0.05) is 6.42 Å². The first kappa shape index (κ1) is 8.77. The van der Waals surface area contributed by atoms with Crippen molar-refractivity contribution in [3.05, 3.63) is 18.2 Å². The summed E-state index contributed by atoms with van der Waals surface area (Å²) in [6.07, 6.45) is 4.40. The Hall–Kier alpha value is -1.32. The molecule has 0 amide bonds. The maximum Gasteiger partial charge on any atom is 0.256 e. The second kappa shape index (κ2) is 3.38. The molecule has 0 atom stereocenters. The van der Waals surface area contributed by atoms with Crippen LogP contribution in [-0.2, 0) is 24.8 Å². The molecule has 4 nitrogen and oxygen atoms in total. The summed E-state index contributed by atoms with van der Waals surface area (Å²) < 4.78 is 3.58. The number of rotatable bonds is 3. The second-order valence-corrected chi connectivity index (χ2v) is 2.68. The number of hydrogen-bond acceptors (Lipinski definition) is 2. The van der Waals surface area contributed by atoms with Crippen molar-refractivity contribution in [2.75, 3.05) is 0 Å². The first-order valence-electron chi connectivity index (χ1n) is 3.88. The van der Waals surface area contributed by atoms with E-state index in [1.807, 2.05) is 24.7 Å². The Kier molecular flexibility index (Phi) is 2.47. The number of carboxylic acid groups (broad SMARTS) is 1. The second-order valence-electron chi connectivity index (χ2n) is 2.68. The third-order valence-corrected chi connectivity index (χ3v) is 1.82. The Morgan fingerprint density at radius 1 is 1.75 bits per heavy atom. The molecule has 0 aliphatic heterocycles. The first-order chi connectivity index (χ1) is 5.65. The van der Waals surface area contributed by atoms with Crippen molar-refractivity contribution in [3.8, 4) is 0 Å². The van der Waals surface area contributed by atoms with Crippen LogP contribution < -0.4 is 9.67 Å². The van der Waals surface area contributed by atoms with Gasteiger partial charge in [-0.05, 0) is 0 Å². The molecular weight excluding hydrogens is 156 g/mol. The lowest BCUT2D eigenvalue weighted by Gasteiger charge is -2.00. The number of carboxylic acids is 1. The molecule has 0 N–H and O–H groups in total. The van der Waals surface area contributed by atoms with E-state index in [1.165, 1.54) is 0 Å². The lowest BCUT2D eigenvalue weighted by Crippen LogP contribution is -2.34. The highest BCUT2D eigenvalue weighted by molar-refractivity contribution is 5.64. The number of imidazole rings is 1. The maximum absolute atomic E-state index is 10.3. The van der Waals surface area contributed by atoms with E-state index in [2.05, 4.69) is 0 Å². The van der Waals surface area contributed by atoms with E-state index in [0.717, 1.165) is 12.2 Å². The molecule has 0 aliphatic carbocycles. The van der Waals surface area contributed by atoms with Crippen molar-refractivity contribution in [2.24, 2.45) is 7.05 Å². The Morgan fingerprint density at radius 3 is 2.92 bits per heavy atom. The molecule has 0 aliphatic rings. The number of aliphatic carboxylic acids is 1. The molecule has 4 heteroatoms. The van der Waals surface area contributed by atoms with Crippen molar-refractivity contribution in [3.63, 3.8) is 0 Å². The van der Waals surface area contributed by atoms with E-state index in [1.54, 1.807) is 10.8 Å². The van der Waals surface area contributed by atoms with E-state index < -0.39 is 5.97 Å². The Morgan fingerprint density at radius 2 is 2.42 bits per heavy atom. The van der Waals surface area contributed by atoms with Crippen molar-refractivity contribution in [2.45, 2.75) is 19.9 Å². The van der Waals surface area contributed by atoms with Crippen LogP contribution in [0.5, 0.6) is 0 Å². The SMILES string of the molecule is CCc1n(CC(=O)[O-])cc[n+]1C. The minimum absolute atomic E-state index is 0.0655. The van der Waals surface area contributed by atoms with E-state index in [4.69, 9.17) is 0 Å². The van der Waals surface area contributed by atoms with Gasteiger partial charge in [-0.15, -0.1) is 0 Å². The van der Waals surface area contributed by atoms with E-state index >= 15 is 0 Å². The number of carbonyl (C=O) groups is 1. The standard InChI is InChI=1S/C8H12N2O2/c1-3-7-9(2)4-5-10(7)6-8(11)12/h4-5H,3,6H2,1-2H3. The van der Waals surface area contributed by atoms with E-state index in [9.17, 15) is 9.90 Å². The molecule has 1 aromatic heterocycles. The molecular formula is C8H12N2O2. The fourth-order valence-corrected chi connectivity index (χ4v) is 1.29. The summed E-state index contributed by atoms with van der Waals surface area (Å²) in [5.41, 5.74) is 0. The van der Waals surface area contributed by atoms with E-state index in [0.29, 0.717) is 0 Å². The lowest BCUT2D eigenvalue weighted by molar-refractivity contribution is -0.678. The van der Waals surface area contributed by atoms with Gasteiger partial charge >= 0.3 is 0 Å². The summed E-state index contributed by atoms with van der Waals surface area (Å²) in [6, 6.07) is 0. The molecule has 0 fully saturated rings. The van der Waals surface area contributed by atoms with Gasteiger partial charge in [-0.2, -0.15) is 0 Å². The molecule has 0 aromatic carbocycles. The van der Waals surface area contributed by atoms with Crippen LogP contribution in [0.4, 0.5) is 0 Å². The van der Waals surface area contributed by atoms with Gasteiger partial charge in [-0.25, -0.2) is 9.13 Å². The molecule has 0 bridgehead atoms. The molecule has 0 saturated heterocycles. The number of carbonyl (C=O) groups excluding carboxylic acids is 1. The maximum atomic E-state index is 10.3. The fraction of sp³-hybridized carbons (Fsp3) is 0.500. The number of aryl methyl sites for hydroxylation is 1. The van der Waals surface area contributed by atoms with Gasteiger partial charge in [-0.1, -0.05) is 6.92 Å². The summed E-state index contributed by atoms with van der Waals surface area (Å²) in [4.78, 5) is 10.3. The van der Waals surface area contributed by atoms with Crippen LogP contribution in [0.1, 0.15) is 12.7 Å². The molecule has 1 aromatic rings. The number of hydrogen-bond donors (Lipinski definition) is 0. The highest BCUT2D eigenvalue weighted by atomic mass is 16.4. The minimum Gasteiger partial charge on any atom is -0.546 e. The summed E-state index contributed by atoms with van der Waals surface area (Å²) in [5, 5.41) is 10.3. The molecule has 12 heavy (non-hydrogen) atoms. The molecule has 0 saturated carbocycles. The van der Waals surface area contributed by atoms with Crippen molar-refractivity contribution >= 4 is 5.97 Å². The minimum atomic E-state index is -1.05. The average molecular weight is 168 g/mol. The largest absolute Gasteiger partial charge is 0.546 e. The highest BCUT2D eigenvalue weighted by Crippen LogP contribution is 1.94. The van der Waals surface area contributed by atoms with Crippen LogP contribution in [-0.4, -0.2) is 10.5 Å². The van der Waals surface area contributed by atoms with Gasteiger partial charge < -0.3 is 9.90 Å². The smallest absolute Gasteiger partial charge is 0.256 e. The van der Waals surface area contributed by atoms with Crippen LogP contribution in [0.15, 0.2) is 12.4 Å². The van der Waals surface area contributed by atoms with Gasteiger partial charge in [0.25, 0.3) is 5.82 Å². The monoisotopic (exact) mass is 168 g/mol. The van der Waals surface area contributed by atoms with Crippen LogP contribution in [0.2, 0.25) is 0 Å². The molecule has 1 heterocycles. The van der Waals surface area contributed by atoms with Gasteiger partial charge in [0.15, 0.2) is 0 Å². The summed E-state index contributed by atoms with van der Waals surface area (Å²) in [7, 11) is 1.89. The predicted molar refractivity (Wildman–Crippen MR) is 40.0 cm³/mol. The van der Waals surface area contributed by atoms with Crippen LogP contribution >= 0.6 is 0 Å². The predicted octanol–water partition coefficient (Wildman–Crippen LogP) is -1.38. The van der Waals surface area contributed by atoms with Crippen molar-refractivity contribution in [1.82, 2.24) is 4.57 Å². The average Bonchev–Trinajstić information content (AvgIpc) is 2.30.